The van der Waals surface area contributed by atoms with Gasteiger partial charge in [-0.15, -0.1) is 0 Å². The topological polar surface area (TPSA) is 61.2 Å². The van der Waals surface area contributed by atoms with Gasteiger partial charge in [0.25, 0.3) is 0 Å². The van der Waals surface area contributed by atoms with E-state index in [1.54, 1.807) is 24.3 Å². The summed E-state index contributed by atoms with van der Waals surface area (Å²) in [6, 6.07) is 15.4. The number of fused-ring (bicyclic) bond motifs is 1. The van der Waals surface area contributed by atoms with E-state index in [1.807, 2.05) is 24.3 Å². The van der Waals surface area contributed by atoms with Gasteiger partial charge in [0.15, 0.2) is 5.75 Å². The van der Waals surface area contributed by atoms with E-state index >= 15 is 0 Å². The van der Waals surface area contributed by atoms with E-state index < -0.39 is 21.6 Å². The van der Waals surface area contributed by atoms with E-state index in [9.17, 15) is 12.8 Å². The van der Waals surface area contributed by atoms with Gasteiger partial charge in [-0.2, -0.15) is 9.57 Å². The minimum atomic E-state index is -3.78. The molecule has 2 aromatic carbocycles. The first-order valence-corrected chi connectivity index (χ1v) is 9.29. The molecule has 1 aliphatic carbocycles. The molecule has 0 bridgehead atoms. The first-order chi connectivity index (χ1) is 11.5. The third-order valence-electron chi connectivity index (χ3n) is 4.33. The zero-order chi connectivity index (χ0) is 17.2. The number of benzene rings is 2. The van der Waals surface area contributed by atoms with Crippen LogP contribution in [0.15, 0.2) is 48.5 Å². The minimum Gasteiger partial charge on any atom is -0.211 e. The van der Waals surface area contributed by atoms with E-state index in [0.29, 0.717) is 18.4 Å². The molecule has 1 aliphatic rings. The Balaban J connectivity index is 1.93. The first-order valence-electron chi connectivity index (χ1n) is 7.68. The second-order valence-electron chi connectivity index (χ2n) is 5.88. The third-order valence-corrected chi connectivity index (χ3v) is 5.96. The number of nitriles is 1. The van der Waals surface area contributed by atoms with Crippen molar-refractivity contribution in [1.29, 1.82) is 5.26 Å². The SMILES string of the molecule is N#CCS(=O)(=O)N(Cc1ccccc1F)C1Cc2ccccc2C1. The van der Waals surface area contributed by atoms with Crippen molar-refractivity contribution >= 4 is 10.0 Å². The molecule has 4 nitrogen and oxygen atoms in total. The highest BCUT2D eigenvalue weighted by Gasteiger charge is 2.34. The van der Waals surface area contributed by atoms with Crippen LogP contribution in [0, 0.1) is 17.1 Å². The summed E-state index contributed by atoms with van der Waals surface area (Å²) < 4.78 is 40.4. The van der Waals surface area contributed by atoms with Crippen molar-refractivity contribution in [3.63, 3.8) is 0 Å². The number of hydrogen-bond acceptors (Lipinski definition) is 3. The molecule has 0 atom stereocenters. The molecule has 0 heterocycles. The average Bonchev–Trinajstić information content (AvgIpc) is 2.97. The molecule has 0 spiro atoms. The monoisotopic (exact) mass is 344 g/mol. The van der Waals surface area contributed by atoms with Gasteiger partial charge in [-0.1, -0.05) is 42.5 Å². The molecule has 0 N–H and O–H groups in total. The van der Waals surface area contributed by atoms with Crippen molar-refractivity contribution in [3.05, 3.63) is 71.0 Å². The highest BCUT2D eigenvalue weighted by Crippen LogP contribution is 2.28. The molecular weight excluding hydrogens is 327 g/mol. The number of sulfonamides is 1. The molecule has 0 fully saturated rings. The summed E-state index contributed by atoms with van der Waals surface area (Å²) >= 11 is 0. The number of hydrogen-bond donors (Lipinski definition) is 0. The summed E-state index contributed by atoms with van der Waals surface area (Å²) in [5.41, 5.74) is 2.52. The molecule has 24 heavy (non-hydrogen) atoms. The molecule has 2 aromatic rings. The van der Waals surface area contributed by atoms with E-state index in [0.717, 1.165) is 11.1 Å². The van der Waals surface area contributed by atoms with E-state index in [-0.39, 0.29) is 12.6 Å². The summed E-state index contributed by atoms with van der Waals surface area (Å²) in [6.45, 7) is -0.0602. The Kier molecular flexibility index (Phi) is 4.65. The van der Waals surface area contributed by atoms with Crippen LogP contribution in [-0.4, -0.2) is 24.5 Å². The van der Waals surface area contributed by atoms with Gasteiger partial charge < -0.3 is 0 Å². The Hall–Kier alpha value is -2.23. The standard InChI is InChI=1S/C18H17FN2O2S/c19-18-8-4-3-7-16(18)13-21(24(22,23)10-9-20)17-11-14-5-1-2-6-15(14)12-17/h1-8,17H,10-13H2. The molecule has 0 unspecified atom stereocenters. The normalized spacial score (nSPS) is 14.5. The lowest BCUT2D eigenvalue weighted by atomic mass is 10.1. The van der Waals surface area contributed by atoms with Crippen LogP contribution in [0.5, 0.6) is 0 Å². The molecular formula is C18H17FN2O2S. The maximum absolute atomic E-state index is 14.0. The molecule has 124 valence electrons. The van der Waals surface area contributed by atoms with Gasteiger partial charge in [-0.25, -0.2) is 12.8 Å². The highest BCUT2D eigenvalue weighted by atomic mass is 32.2. The Morgan fingerprint density at radius 2 is 1.67 bits per heavy atom. The van der Waals surface area contributed by atoms with Gasteiger partial charge in [0.1, 0.15) is 5.82 Å². The molecule has 0 saturated heterocycles. The predicted octanol–water partition coefficient (Wildman–Crippen LogP) is 2.65. The highest BCUT2D eigenvalue weighted by molar-refractivity contribution is 7.89. The van der Waals surface area contributed by atoms with Gasteiger partial charge in [0.05, 0.1) is 6.07 Å². The third kappa shape index (κ3) is 3.32. The van der Waals surface area contributed by atoms with E-state index in [1.165, 1.54) is 10.4 Å². The van der Waals surface area contributed by atoms with Crippen LogP contribution in [-0.2, 0) is 29.4 Å². The van der Waals surface area contributed by atoms with Crippen LogP contribution in [0.2, 0.25) is 0 Å². The number of nitrogens with zero attached hydrogens (tertiary/aromatic N) is 2. The fraction of sp³-hybridized carbons (Fsp3) is 0.278. The van der Waals surface area contributed by atoms with Crippen LogP contribution in [0.4, 0.5) is 4.39 Å². The molecule has 0 amide bonds. The number of halogens is 1. The maximum Gasteiger partial charge on any atom is 0.228 e. The predicted molar refractivity (Wildman–Crippen MR) is 89.0 cm³/mol. The van der Waals surface area contributed by atoms with Crippen molar-refractivity contribution in [3.8, 4) is 6.07 Å². The number of rotatable bonds is 5. The minimum absolute atomic E-state index is 0.0602. The van der Waals surface area contributed by atoms with Crippen molar-refractivity contribution in [1.82, 2.24) is 4.31 Å². The second-order valence-corrected chi connectivity index (χ2v) is 7.80. The molecule has 0 saturated carbocycles. The van der Waals surface area contributed by atoms with Crippen molar-refractivity contribution in [2.45, 2.75) is 25.4 Å². The zero-order valence-electron chi connectivity index (χ0n) is 13.0. The molecule has 0 radical (unpaired) electrons. The van der Waals surface area contributed by atoms with Gasteiger partial charge in [0, 0.05) is 18.2 Å². The Morgan fingerprint density at radius 1 is 1.08 bits per heavy atom. The molecule has 0 aromatic heterocycles. The lowest BCUT2D eigenvalue weighted by molar-refractivity contribution is 0.317. The lowest BCUT2D eigenvalue weighted by Crippen LogP contribution is -2.41. The van der Waals surface area contributed by atoms with Gasteiger partial charge in [-0.05, 0) is 30.0 Å². The van der Waals surface area contributed by atoms with Crippen LogP contribution in [0.25, 0.3) is 0 Å². The average molecular weight is 344 g/mol. The first kappa shape index (κ1) is 16.6. The summed E-state index contributed by atoms with van der Waals surface area (Å²) in [7, 11) is -3.78. The van der Waals surface area contributed by atoms with Gasteiger partial charge in [-0.3, -0.25) is 0 Å². The Bertz CT molecular complexity index is 865. The Morgan fingerprint density at radius 3 is 2.25 bits per heavy atom. The van der Waals surface area contributed by atoms with Crippen LogP contribution in [0.3, 0.4) is 0 Å². The van der Waals surface area contributed by atoms with Gasteiger partial charge in [0.2, 0.25) is 10.0 Å². The van der Waals surface area contributed by atoms with Crippen molar-refractivity contribution in [2.75, 3.05) is 5.75 Å². The largest absolute Gasteiger partial charge is 0.228 e. The fourth-order valence-corrected chi connectivity index (χ4v) is 4.42. The fourth-order valence-electron chi connectivity index (χ4n) is 3.15. The maximum atomic E-state index is 14.0. The van der Waals surface area contributed by atoms with Crippen LogP contribution in [0.1, 0.15) is 16.7 Å². The quantitative estimate of drug-likeness (QED) is 0.838. The zero-order valence-corrected chi connectivity index (χ0v) is 13.8. The van der Waals surface area contributed by atoms with Crippen LogP contribution < -0.4 is 0 Å². The lowest BCUT2D eigenvalue weighted by Gasteiger charge is -2.27. The summed E-state index contributed by atoms with van der Waals surface area (Å²) in [5.74, 6) is -1.04. The van der Waals surface area contributed by atoms with Crippen molar-refractivity contribution in [2.24, 2.45) is 0 Å². The van der Waals surface area contributed by atoms with Crippen LogP contribution >= 0.6 is 0 Å². The van der Waals surface area contributed by atoms with Crippen molar-refractivity contribution < 1.29 is 12.8 Å². The van der Waals surface area contributed by atoms with E-state index in [2.05, 4.69) is 0 Å². The molecule has 0 aliphatic heterocycles. The smallest absolute Gasteiger partial charge is 0.211 e. The molecule has 6 heteroatoms. The Labute approximate surface area is 141 Å². The summed E-state index contributed by atoms with van der Waals surface area (Å²) in [4.78, 5) is 0. The summed E-state index contributed by atoms with van der Waals surface area (Å²) in [5, 5.41) is 8.86. The second kappa shape index (κ2) is 6.71. The molecule has 3 rings (SSSR count). The summed E-state index contributed by atoms with van der Waals surface area (Å²) in [6.07, 6.45) is 1.16. The van der Waals surface area contributed by atoms with E-state index in [4.69, 9.17) is 5.26 Å². The van der Waals surface area contributed by atoms with Gasteiger partial charge >= 0.3 is 0 Å².